The van der Waals surface area contributed by atoms with Crippen LogP contribution in [0.25, 0.3) is 0 Å². The van der Waals surface area contributed by atoms with Crippen LogP contribution >= 0.6 is 0 Å². The van der Waals surface area contributed by atoms with Gasteiger partial charge in [0, 0.05) is 36.1 Å². The Morgan fingerprint density at radius 1 is 1.21 bits per heavy atom. The summed E-state index contributed by atoms with van der Waals surface area (Å²) in [5.41, 5.74) is 9.43. The van der Waals surface area contributed by atoms with E-state index in [4.69, 9.17) is 15.2 Å². The van der Waals surface area contributed by atoms with E-state index in [-0.39, 0.29) is 0 Å². The predicted molar refractivity (Wildman–Crippen MR) is 52.7 cm³/mol. The Labute approximate surface area is 82.8 Å². The van der Waals surface area contributed by atoms with E-state index >= 15 is 0 Å². The Morgan fingerprint density at radius 2 is 2.07 bits per heavy atom. The van der Waals surface area contributed by atoms with Crippen molar-refractivity contribution in [3.8, 4) is 11.5 Å². The van der Waals surface area contributed by atoms with Gasteiger partial charge in [-0.25, -0.2) is 0 Å². The lowest BCUT2D eigenvalue weighted by Crippen LogP contribution is -2.03. The first-order valence-corrected chi connectivity index (χ1v) is 5.03. The molecule has 0 bridgehead atoms. The van der Waals surface area contributed by atoms with Crippen molar-refractivity contribution < 1.29 is 9.47 Å². The van der Waals surface area contributed by atoms with Gasteiger partial charge >= 0.3 is 0 Å². The molecule has 0 unspecified atom stereocenters. The molecule has 2 N–H and O–H groups in total. The number of ether oxygens (including phenoxy) is 2. The molecule has 3 rings (SSSR count). The van der Waals surface area contributed by atoms with Crippen LogP contribution < -0.4 is 15.2 Å². The number of hydrogen-bond acceptors (Lipinski definition) is 3. The van der Waals surface area contributed by atoms with Gasteiger partial charge in [0.25, 0.3) is 0 Å². The minimum atomic E-state index is 0.550. The molecule has 74 valence electrons. The van der Waals surface area contributed by atoms with Crippen LogP contribution in [0.2, 0.25) is 0 Å². The molecule has 3 nitrogen and oxygen atoms in total. The number of hydrogen-bond donors (Lipinski definition) is 1. The Bertz CT molecular complexity index is 355. The Kier molecular flexibility index (Phi) is 1.67. The van der Waals surface area contributed by atoms with Crippen molar-refractivity contribution in [2.24, 2.45) is 5.73 Å². The molecule has 2 aliphatic rings. The second-order valence-corrected chi connectivity index (χ2v) is 3.72. The van der Waals surface area contributed by atoms with E-state index in [2.05, 4.69) is 6.07 Å². The van der Waals surface area contributed by atoms with Gasteiger partial charge in [0.1, 0.15) is 11.5 Å². The minimum absolute atomic E-state index is 0.550. The molecular formula is C11H13NO2. The maximum Gasteiger partial charge on any atom is 0.127 e. The summed E-state index contributed by atoms with van der Waals surface area (Å²) in [6.07, 6.45) is 1.96. The molecule has 0 saturated heterocycles. The van der Waals surface area contributed by atoms with Crippen LogP contribution in [0.3, 0.4) is 0 Å². The van der Waals surface area contributed by atoms with E-state index in [0.717, 1.165) is 43.1 Å². The van der Waals surface area contributed by atoms with E-state index in [1.807, 2.05) is 0 Å². The molecule has 0 amide bonds. The smallest absolute Gasteiger partial charge is 0.127 e. The van der Waals surface area contributed by atoms with Crippen LogP contribution in [0.4, 0.5) is 0 Å². The SMILES string of the molecule is NCc1c2c(cc3c1OCC3)OCC2. The highest BCUT2D eigenvalue weighted by Crippen LogP contribution is 2.40. The first-order valence-electron chi connectivity index (χ1n) is 5.03. The van der Waals surface area contributed by atoms with E-state index in [1.165, 1.54) is 11.1 Å². The molecule has 0 aromatic heterocycles. The summed E-state index contributed by atoms with van der Waals surface area (Å²) in [6, 6.07) is 2.11. The highest BCUT2D eigenvalue weighted by atomic mass is 16.5. The zero-order valence-corrected chi connectivity index (χ0v) is 8.01. The molecule has 0 fully saturated rings. The van der Waals surface area contributed by atoms with Gasteiger partial charge in [-0.2, -0.15) is 0 Å². The molecule has 0 radical (unpaired) electrons. The van der Waals surface area contributed by atoms with Gasteiger partial charge in [0.05, 0.1) is 13.2 Å². The topological polar surface area (TPSA) is 44.5 Å². The van der Waals surface area contributed by atoms with Crippen molar-refractivity contribution in [3.05, 3.63) is 22.8 Å². The van der Waals surface area contributed by atoms with E-state index in [1.54, 1.807) is 0 Å². The summed E-state index contributed by atoms with van der Waals surface area (Å²) in [4.78, 5) is 0. The number of rotatable bonds is 1. The fourth-order valence-corrected chi connectivity index (χ4v) is 2.30. The van der Waals surface area contributed by atoms with E-state index in [9.17, 15) is 0 Å². The monoisotopic (exact) mass is 191 g/mol. The lowest BCUT2D eigenvalue weighted by Gasteiger charge is -2.10. The number of nitrogens with two attached hydrogens (primary N) is 1. The zero-order chi connectivity index (χ0) is 9.54. The summed E-state index contributed by atoms with van der Waals surface area (Å²) >= 11 is 0. The third-order valence-electron chi connectivity index (χ3n) is 2.96. The predicted octanol–water partition coefficient (Wildman–Crippen LogP) is 1.02. The molecule has 0 aliphatic carbocycles. The number of fused-ring (bicyclic) bond motifs is 2. The largest absolute Gasteiger partial charge is 0.493 e. The van der Waals surface area contributed by atoms with Gasteiger partial charge in [-0.3, -0.25) is 0 Å². The van der Waals surface area contributed by atoms with Gasteiger partial charge in [-0.05, 0) is 6.07 Å². The third kappa shape index (κ3) is 0.960. The van der Waals surface area contributed by atoms with E-state index in [0.29, 0.717) is 6.54 Å². The first kappa shape index (κ1) is 8.12. The lowest BCUT2D eigenvalue weighted by molar-refractivity contribution is 0.353. The van der Waals surface area contributed by atoms with Crippen molar-refractivity contribution in [1.29, 1.82) is 0 Å². The van der Waals surface area contributed by atoms with Crippen LogP contribution in [0.1, 0.15) is 16.7 Å². The zero-order valence-electron chi connectivity index (χ0n) is 8.01. The molecule has 0 spiro atoms. The van der Waals surface area contributed by atoms with Gasteiger partial charge < -0.3 is 15.2 Å². The molecule has 14 heavy (non-hydrogen) atoms. The Hall–Kier alpha value is -1.22. The second kappa shape index (κ2) is 2.89. The standard InChI is InChI=1S/C11H13NO2/c12-6-9-8-2-4-13-10(8)5-7-1-3-14-11(7)9/h5H,1-4,6,12H2. The highest BCUT2D eigenvalue weighted by Gasteiger charge is 2.25. The van der Waals surface area contributed by atoms with Crippen LogP contribution in [0.15, 0.2) is 6.07 Å². The Morgan fingerprint density at radius 3 is 2.93 bits per heavy atom. The molecule has 3 heteroatoms. The molecular weight excluding hydrogens is 178 g/mol. The lowest BCUT2D eigenvalue weighted by atomic mass is 10.00. The normalized spacial score (nSPS) is 17.2. The first-order chi connectivity index (χ1) is 6.90. The molecule has 1 aromatic carbocycles. The van der Waals surface area contributed by atoms with Gasteiger partial charge in [0.2, 0.25) is 0 Å². The van der Waals surface area contributed by atoms with Gasteiger partial charge in [-0.15, -0.1) is 0 Å². The summed E-state index contributed by atoms with van der Waals surface area (Å²) < 4.78 is 11.2. The van der Waals surface area contributed by atoms with Crippen LogP contribution in [0, 0.1) is 0 Å². The maximum atomic E-state index is 5.76. The molecule has 0 saturated carbocycles. The summed E-state index contributed by atoms with van der Waals surface area (Å²) in [7, 11) is 0. The summed E-state index contributed by atoms with van der Waals surface area (Å²) in [5, 5.41) is 0. The third-order valence-corrected chi connectivity index (χ3v) is 2.96. The van der Waals surface area contributed by atoms with Crippen LogP contribution in [-0.4, -0.2) is 13.2 Å². The van der Waals surface area contributed by atoms with Crippen molar-refractivity contribution in [2.45, 2.75) is 19.4 Å². The Balaban J connectivity index is 2.24. The van der Waals surface area contributed by atoms with Crippen molar-refractivity contribution in [3.63, 3.8) is 0 Å². The number of benzene rings is 1. The fourth-order valence-electron chi connectivity index (χ4n) is 2.30. The van der Waals surface area contributed by atoms with Crippen molar-refractivity contribution in [1.82, 2.24) is 0 Å². The van der Waals surface area contributed by atoms with Gasteiger partial charge in [-0.1, -0.05) is 0 Å². The highest BCUT2D eigenvalue weighted by molar-refractivity contribution is 5.56. The summed E-state index contributed by atoms with van der Waals surface area (Å²) in [6.45, 7) is 2.12. The maximum absolute atomic E-state index is 5.76. The average molecular weight is 191 g/mol. The van der Waals surface area contributed by atoms with Crippen molar-refractivity contribution >= 4 is 0 Å². The fraction of sp³-hybridized carbons (Fsp3) is 0.455. The van der Waals surface area contributed by atoms with Crippen LogP contribution in [0.5, 0.6) is 11.5 Å². The van der Waals surface area contributed by atoms with Crippen LogP contribution in [-0.2, 0) is 19.4 Å². The molecule has 2 aliphatic heterocycles. The molecule has 0 atom stereocenters. The van der Waals surface area contributed by atoms with Gasteiger partial charge in [0.15, 0.2) is 0 Å². The second-order valence-electron chi connectivity index (χ2n) is 3.72. The van der Waals surface area contributed by atoms with Crippen molar-refractivity contribution in [2.75, 3.05) is 13.2 Å². The average Bonchev–Trinajstić information content (AvgIpc) is 2.80. The van der Waals surface area contributed by atoms with E-state index < -0.39 is 0 Å². The summed E-state index contributed by atoms with van der Waals surface area (Å²) in [5.74, 6) is 2.05. The molecule has 2 heterocycles. The molecule has 1 aromatic rings. The minimum Gasteiger partial charge on any atom is -0.493 e. The quantitative estimate of drug-likeness (QED) is 0.720.